The molecule has 0 saturated carbocycles. The minimum atomic E-state index is -0.849. The number of hydrogen-bond donors (Lipinski definition) is 1. The van der Waals surface area contributed by atoms with Gasteiger partial charge in [-0.3, -0.25) is 4.21 Å². The molecule has 4 nitrogen and oxygen atoms in total. The van der Waals surface area contributed by atoms with Crippen molar-refractivity contribution in [3.05, 3.63) is 60.3 Å². The van der Waals surface area contributed by atoms with Crippen LogP contribution >= 0.6 is 0 Å². The van der Waals surface area contributed by atoms with Crippen LogP contribution in [-0.2, 0) is 16.6 Å². The molecule has 1 heterocycles. The van der Waals surface area contributed by atoms with Gasteiger partial charge in [0.15, 0.2) is 0 Å². The first-order valence-corrected chi connectivity index (χ1v) is 8.31. The first kappa shape index (κ1) is 13.7. The van der Waals surface area contributed by atoms with Gasteiger partial charge in [0.1, 0.15) is 0 Å². The molecule has 0 radical (unpaired) electrons. The van der Waals surface area contributed by atoms with Gasteiger partial charge in [-0.15, -0.1) is 0 Å². The first-order valence-electron chi connectivity index (χ1n) is 6.58. The largest absolute Gasteiger partial charge is 0.324 e. The molecule has 1 aromatic heterocycles. The van der Waals surface area contributed by atoms with Gasteiger partial charge in [0.25, 0.3) is 0 Å². The fourth-order valence-corrected chi connectivity index (χ4v) is 2.78. The molecule has 3 rings (SSSR count). The Morgan fingerprint density at radius 1 is 1.14 bits per heavy atom. The van der Waals surface area contributed by atoms with Crippen LogP contribution in [0.4, 0.5) is 11.6 Å². The van der Waals surface area contributed by atoms with Crippen molar-refractivity contribution in [1.82, 2.24) is 9.97 Å². The first-order chi connectivity index (χ1) is 10.2. The maximum atomic E-state index is 11.3. The van der Waals surface area contributed by atoms with Crippen molar-refractivity contribution in [3.63, 3.8) is 0 Å². The van der Waals surface area contributed by atoms with Gasteiger partial charge in [0, 0.05) is 40.1 Å². The van der Waals surface area contributed by atoms with E-state index in [1.165, 1.54) is 0 Å². The molecule has 1 N–H and O–H groups in total. The smallest absolute Gasteiger partial charge is 0.227 e. The fraction of sp³-hybridized carbons (Fsp3) is 0.125. The molecule has 3 aromatic rings. The van der Waals surface area contributed by atoms with Gasteiger partial charge in [-0.25, -0.2) is 9.97 Å². The standard InChI is InChI=1S/C16H15N3OS/c1-21(20)11-12-5-4-7-14(9-12)18-16-17-10-13-6-2-3-8-15(13)19-16/h2-10H,11H2,1H3,(H,17,18,19). The zero-order valence-electron chi connectivity index (χ0n) is 11.6. The Morgan fingerprint density at radius 2 is 2.00 bits per heavy atom. The van der Waals surface area contributed by atoms with Crippen LogP contribution in [0.25, 0.3) is 10.9 Å². The lowest BCUT2D eigenvalue weighted by Gasteiger charge is -2.07. The van der Waals surface area contributed by atoms with E-state index in [9.17, 15) is 4.21 Å². The Kier molecular flexibility index (Phi) is 3.92. The molecule has 0 amide bonds. The number of nitrogens with zero attached hydrogens (tertiary/aromatic N) is 2. The number of benzene rings is 2. The minimum absolute atomic E-state index is 0.550. The number of anilines is 2. The molecular weight excluding hydrogens is 282 g/mol. The Morgan fingerprint density at radius 3 is 2.86 bits per heavy atom. The van der Waals surface area contributed by atoms with Gasteiger partial charge in [0.2, 0.25) is 5.95 Å². The van der Waals surface area contributed by atoms with E-state index in [2.05, 4.69) is 15.3 Å². The second-order valence-corrected chi connectivity index (χ2v) is 6.23. The highest BCUT2D eigenvalue weighted by atomic mass is 32.2. The van der Waals surface area contributed by atoms with Crippen molar-refractivity contribution in [2.75, 3.05) is 11.6 Å². The molecule has 0 aliphatic heterocycles. The van der Waals surface area contributed by atoms with Gasteiger partial charge in [-0.1, -0.05) is 30.3 Å². The molecule has 2 aromatic carbocycles. The summed E-state index contributed by atoms with van der Waals surface area (Å²) >= 11 is 0. The van der Waals surface area contributed by atoms with Crippen molar-refractivity contribution < 1.29 is 4.21 Å². The average Bonchev–Trinajstić information content (AvgIpc) is 2.47. The molecule has 21 heavy (non-hydrogen) atoms. The van der Waals surface area contributed by atoms with Crippen LogP contribution in [-0.4, -0.2) is 20.4 Å². The highest BCUT2D eigenvalue weighted by molar-refractivity contribution is 7.83. The summed E-state index contributed by atoms with van der Waals surface area (Å²) in [6.07, 6.45) is 3.50. The maximum absolute atomic E-state index is 11.3. The SMILES string of the molecule is CS(=O)Cc1cccc(Nc2ncc3ccccc3n2)c1. The van der Waals surface area contributed by atoms with Crippen molar-refractivity contribution in [2.24, 2.45) is 0 Å². The quantitative estimate of drug-likeness (QED) is 0.803. The number of para-hydroxylation sites is 1. The Bertz CT molecular complexity index is 804. The van der Waals surface area contributed by atoms with E-state index in [1.54, 1.807) is 12.5 Å². The van der Waals surface area contributed by atoms with E-state index >= 15 is 0 Å². The predicted octanol–water partition coefficient (Wildman–Crippen LogP) is 3.25. The summed E-state index contributed by atoms with van der Waals surface area (Å²) < 4.78 is 11.3. The highest BCUT2D eigenvalue weighted by Crippen LogP contribution is 2.18. The van der Waals surface area contributed by atoms with Crippen LogP contribution in [0.5, 0.6) is 0 Å². The summed E-state index contributed by atoms with van der Waals surface area (Å²) in [4.78, 5) is 8.79. The zero-order valence-corrected chi connectivity index (χ0v) is 12.4. The number of nitrogens with one attached hydrogen (secondary N) is 1. The van der Waals surface area contributed by atoms with Crippen LogP contribution in [0.2, 0.25) is 0 Å². The van der Waals surface area contributed by atoms with E-state index in [0.717, 1.165) is 22.2 Å². The van der Waals surface area contributed by atoms with Crippen LogP contribution < -0.4 is 5.32 Å². The summed E-state index contributed by atoms with van der Waals surface area (Å²) in [5.74, 6) is 1.11. The lowest BCUT2D eigenvalue weighted by molar-refractivity contribution is 0.686. The monoisotopic (exact) mass is 297 g/mol. The third-order valence-electron chi connectivity index (χ3n) is 3.04. The Hall–Kier alpha value is -2.27. The number of aromatic nitrogens is 2. The van der Waals surface area contributed by atoms with Gasteiger partial charge < -0.3 is 5.32 Å². The summed E-state index contributed by atoms with van der Waals surface area (Å²) in [5.41, 5.74) is 2.83. The van der Waals surface area contributed by atoms with E-state index in [0.29, 0.717) is 11.7 Å². The Labute approximate surface area is 125 Å². The maximum Gasteiger partial charge on any atom is 0.227 e. The summed E-state index contributed by atoms with van der Waals surface area (Å²) in [7, 11) is -0.849. The molecule has 0 spiro atoms. The van der Waals surface area contributed by atoms with Crippen LogP contribution in [0.3, 0.4) is 0 Å². The zero-order chi connectivity index (χ0) is 14.7. The third kappa shape index (κ3) is 3.44. The molecule has 106 valence electrons. The molecule has 0 aliphatic carbocycles. The van der Waals surface area contributed by atoms with E-state index in [-0.39, 0.29) is 0 Å². The van der Waals surface area contributed by atoms with Gasteiger partial charge >= 0.3 is 0 Å². The third-order valence-corrected chi connectivity index (χ3v) is 3.78. The molecule has 0 fully saturated rings. The molecule has 0 aliphatic rings. The minimum Gasteiger partial charge on any atom is -0.324 e. The molecule has 0 bridgehead atoms. The van der Waals surface area contributed by atoms with Gasteiger partial charge in [-0.05, 0) is 23.8 Å². The van der Waals surface area contributed by atoms with Crippen LogP contribution in [0.15, 0.2) is 54.7 Å². The molecular formula is C16H15N3OS. The van der Waals surface area contributed by atoms with E-state index in [4.69, 9.17) is 0 Å². The number of rotatable bonds is 4. The van der Waals surface area contributed by atoms with Crippen molar-refractivity contribution in [3.8, 4) is 0 Å². The fourth-order valence-electron chi connectivity index (χ4n) is 2.14. The van der Waals surface area contributed by atoms with Crippen molar-refractivity contribution in [1.29, 1.82) is 0 Å². The summed E-state index contributed by atoms with van der Waals surface area (Å²) in [6, 6.07) is 15.7. The summed E-state index contributed by atoms with van der Waals surface area (Å²) in [6.45, 7) is 0. The Balaban J connectivity index is 1.86. The lowest BCUT2D eigenvalue weighted by Crippen LogP contribution is -1.98. The number of fused-ring (bicyclic) bond motifs is 1. The molecule has 1 unspecified atom stereocenters. The predicted molar refractivity (Wildman–Crippen MR) is 87.0 cm³/mol. The second-order valence-electron chi connectivity index (χ2n) is 4.80. The lowest BCUT2D eigenvalue weighted by atomic mass is 10.2. The van der Waals surface area contributed by atoms with Crippen LogP contribution in [0.1, 0.15) is 5.56 Å². The van der Waals surface area contributed by atoms with Crippen LogP contribution in [0, 0.1) is 0 Å². The topological polar surface area (TPSA) is 54.9 Å². The molecule has 0 saturated heterocycles. The van der Waals surface area contributed by atoms with E-state index < -0.39 is 10.8 Å². The number of hydrogen-bond acceptors (Lipinski definition) is 4. The second kappa shape index (κ2) is 6.01. The van der Waals surface area contributed by atoms with Crippen molar-refractivity contribution >= 4 is 33.3 Å². The summed E-state index contributed by atoms with van der Waals surface area (Å²) in [5, 5.41) is 4.20. The van der Waals surface area contributed by atoms with Gasteiger partial charge in [0.05, 0.1) is 5.52 Å². The van der Waals surface area contributed by atoms with Gasteiger partial charge in [-0.2, -0.15) is 0 Å². The normalized spacial score (nSPS) is 12.2. The van der Waals surface area contributed by atoms with E-state index in [1.807, 2.05) is 48.5 Å². The molecule has 1 atom stereocenters. The molecule has 5 heteroatoms. The van der Waals surface area contributed by atoms with Crippen molar-refractivity contribution in [2.45, 2.75) is 5.75 Å². The highest BCUT2D eigenvalue weighted by Gasteiger charge is 2.02. The average molecular weight is 297 g/mol.